The smallest absolute Gasteiger partial charge is 0.271 e. The average molecular weight is 423 g/mol. The van der Waals surface area contributed by atoms with Gasteiger partial charge in [0.15, 0.2) is 0 Å². The lowest BCUT2D eigenvalue weighted by Gasteiger charge is -2.16. The van der Waals surface area contributed by atoms with E-state index in [1.165, 1.54) is 4.90 Å². The second kappa shape index (κ2) is 9.02. The van der Waals surface area contributed by atoms with E-state index < -0.39 is 6.04 Å². The number of hydrogen-bond acceptors (Lipinski definition) is 5. The summed E-state index contributed by atoms with van der Waals surface area (Å²) in [7, 11) is 3.41. The molecule has 154 valence electrons. The van der Waals surface area contributed by atoms with Gasteiger partial charge >= 0.3 is 0 Å². The van der Waals surface area contributed by atoms with E-state index in [0.29, 0.717) is 12.1 Å². The largest absolute Gasteiger partial charge is 0.343 e. The molecule has 1 aromatic carbocycles. The summed E-state index contributed by atoms with van der Waals surface area (Å²) in [6.45, 7) is 0. The van der Waals surface area contributed by atoms with E-state index in [-0.39, 0.29) is 18.3 Å². The van der Waals surface area contributed by atoms with Crippen LogP contribution in [-0.2, 0) is 6.42 Å². The van der Waals surface area contributed by atoms with Crippen LogP contribution in [0, 0.1) is 0 Å². The van der Waals surface area contributed by atoms with Crippen LogP contribution in [0.15, 0.2) is 67.0 Å². The predicted octanol–water partition coefficient (Wildman–Crippen LogP) is 3.18. The maximum Gasteiger partial charge on any atom is 0.271 e. The average Bonchev–Trinajstić information content (AvgIpc) is 3.17. The van der Waals surface area contributed by atoms with Crippen LogP contribution < -0.4 is 5.73 Å². The Labute approximate surface area is 181 Å². The normalized spacial score (nSPS) is 11.7. The lowest BCUT2D eigenvalue weighted by atomic mass is 10.1. The van der Waals surface area contributed by atoms with E-state index in [1.54, 1.807) is 26.4 Å². The lowest BCUT2D eigenvalue weighted by molar-refractivity contribution is 0.0821. The first-order valence-electron chi connectivity index (χ1n) is 9.36. The molecule has 2 N–H and O–H groups in total. The summed E-state index contributed by atoms with van der Waals surface area (Å²) in [5.41, 5.74) is 10.2. The molecule has 0 unspecified atom stereocenters. The number of nitrogens with two attached hydrogens (primary N) is 1. The van der Waals surface area contributed by atoms with E-state index in [4.69, 9.17) is 5.73 Å². The number of benzene rings is 1. The number of amides is 1. The van der Waals surface area contributed by atoms with Crippen molar-refractivity contribution in [2.45, 2.75) is 12.5 Å². The predicted molar refractivity (Wildman–Crippen MR) is 119 cm³/mol. The quantitative estimate of drug-likeness (QED) is 0.533. The Morgan fingerprint density at radius 2 is 1.90 bits per heavy atom. The van der Waals surface area contributed by atoms with Gasteiger partial charge in [0, 0.05) is 37.8 Å². The van der Waals surface area contributed by atoms with Crippen LogP contribution in [0.4, 0.5) is 0 Å². The molecule has 3 heterocycles. The molecule has 1 amide bonds. The molecule has 0 spiro atoms. The molecule has 8 heteroatoms. The van der Waals surface area contributed by atoms with Gasteiger partial charge in [0.2, 0.25) is 0 Å². The van der Waals surface area contributed by atoms with Gasteiger partial charge in [-0.2, -0.15) is 5.10 Å². The highest BCUT2D eigenvalue weighted by Gasteiger charge is 2.18. The van der Waals surface area contributed by atoms with Crippen molar-refractivity contribution < 1.29 is 4.79 Å². The van der Waals surface area contributed by atoms with Crippen LogP contribution in [0.25, 0.3) is 16.6 Å². The van der Waals surface area contributed by atoms with Crippen molar-refractivity contribution in [2.75, 3.05) is 14.1 Å². The minimum absolute atomic E-state index is 0. The summed E-state index contributed by atoms with van der Waals surface area (Å²) in [5.74, 6) is -0.137. The van der Waals surface area contributed by atoms with Crippen molar-refractivity contribution >= 4 is 29.2 Å². The number of nitrogens with zero attached hydrogens (tertiary/aromatic N) is 5. The molecule has 3 aromatic heterocycles. The van der Waals surface area contributed by atoms with E-state index >= 15 is 0 Å². The van der Waals surface area contributed by atoms with Gasteiger partial charge in [-0.05, 0) is 30.3 Å². The molecule has 7 nitrogen and oxygen atoms in total. The third-order valence-corrected chi connectivity index (χ3v) is 4.73. The van der Waals surface area contributed by atoms with Crippen molar-refractivity contribution in [3.63, 3.8) is 0 Å². The van der Waals surface area contributed by atoms with Crippen molar-refractivity contribution in [1.82, 2.24) is 24.6 Å². The zero-order chi connectivity index (χ0) is 20.4. The van der Waals surface area contributed by atoms with E-state index in [2.05, 4.69) is 15.1 Å². The monoisotopic (exact) mass is 422 g/mol. The molecular weight excluding hydrogens is 400 g/mol. The van der Waals surface area contributed by atoms with Gasteiger partial charge in [0.1, 0.15) is 5.69 Å². The Kier molecular flexibility index (Phi) is 6.44. The Hall–Kier alpha value is -3.29. The molecule has 0 aliphatic rings. The van der Waals surface area contributed by atoms with E-state index in [9.17, 15) is 4.79 Å². The molecule has 1 atom stereocenters. The van der Waals surface area contributed by atoms with Crippen molar-refractivity contribution in [3.05, 3.63) is 84.1 Å². The number of hydrogen-bond donors (Lipinski definition) is 1. The highest BCUT2D eigenvalue weighted by atomic mass is 35.5. The third kappa shape index (κ3) is 4.17. The minimum Gasteiger partial charge on any atom is -0.343 e. The van der Waals surface area contributed by atoms with Gasteiger partial charge in [-0.15, -0.1) is 12.4 Å². The Morgan fingerprint density at radius 3 is 2.70 bits per heavy atom. The molecule has 4 rings (SSSR count). The fourth-order valence-corrected chi connectivity index (χ4v) is 3.30. The minimum atomic E-state index is -0.397. The molecule has 0 aliphatic heterocycles. The second-order valence-corrected chi connectivity index (χ2v) is 7.05. The Morgan fingerprint density at radius 1 is 1.10 bits per heavy atom. The van der Waals surface area contributed by atoms with Crippen molar-refractivity contribution in [2.24, 2.45) is 5.73 Å². The summed E-state index contributed by atoms with van der Waals surface area (Å²) in [6, 6.07) is 16.8. The number of pyridine rings is 2. The first-order valence-corrected chi connectivity index (χ1v) is 9.36. The topological polar surface area (TPSA) is 89.9 Å². The molecule has 0 bridgehead atoms. The van der Waals surface area contributed by atoms with Gasteiger partial charge in [-0.25, -0.2) is 9.67 Å². The highest BCUT2D eigenvalue weighted by molar-refractivity contribution is 5.91. The van der Waals surface area contributed by atoms with Gasteiger partial charge in [-0.1, -0.05) is 24.3 Å². The van der Waals surface area contributed by atoms with E-state index in [1.807, 2.05) is 59.4 Å². The molecule has 0 saturated carbocycles. The fraction of sp³-hybridized carbons (Fsp3) is 0.182. The molecule has 0 saturated heterocycles. The first-order chi connectivity index (χ1) is 14.0. The van der Waals surface area contributed by atoms with Gasteiger partial charge in [0.05, 0.1) is 29.1 Å². The summed E-state index contributed by atoms with van der Waals surface area (Å²) >= 11 is 0. The van der Waals surface area contributed by atoms with Crippen LogP contribution in [-0.4, -0.2) is 44.7 Å². The Bertz CT molecular complexity index is 1170. The zero-order valence-corrected chi connectivity index (χ0v) is 17.6. The Balaban J connectivity index is 0.00000256. The van der Waals surface area contributed by atoms with Crippen molar-refractivity contribution in [1.29, 1.82) is 0 Å². The maximum absolute atomic E-state index is 12.2. The molecule has 0 radical (unpaired) electrons. The second-order valence-electron chi connectivity index (χ2n) is 7.05. The summed E-state index contributed by atoms with van der Waals surface area (Å²) in [4.78, 5) is 22.7. The van der Waals surface area contributed by atoms with Crippen molar-refractivity contribution in [3.8, 4) is 5.69 Å². The number of rotatable bonds is 5. The molecular formula is C22H23ClN6O. The summed E-state index contributed by atoms with van der Waals surface area (Å²) < 4.78 is 1.86. The van der Waals surface area contributed by atoms with Crippen LogP contribution in [0.1, 0.15) is 27.9 Å². The molecule has 4 aromatic rings. The van der Waals surface area contributed by atoms with Gasteiger partial charge < -0.3 is 10.6 Å². The number of aromatic nitrogens is 4. The van der Waals surface area contributed by atoms with Crippen LogP contribution in [0.3, 0.4) is 0 Å². The zero-order valence-electron chi connectivity index (χ0n) is 16.8. The number of halogens is 1. The lowest BCUT2D eigenvalue weighted by Crippen LogP contribution is -2.24. The first kappa shape index (κ1) is 21.4. The van der Waals surface area contributed by atoms with Gasteiger partial charge in [0.25, 0.3) is 5.91 Å². The van der Waals surface area contributed by atoms with Crippen LogP contribution in [0.2, 0.25) is 0 Å². The third-order valence-electron chi connectivity index (χ3n) is 4.73. The molecule has 0 fully saturated rings. The number of carbonyl (C=O) groups excluding carboxylic acids is 1. The maximum atomic E-state index is 12.2. The number of carbonyl (C=O) groups is 1. The highest BCUT2D eigenvalue weighted by Crippen LogP contribution is 2.24. The number of para-hydroxylation sites is 1. The number of fused-ring (bicyclic) bond motifs is 1. The SMILES string of the molecule is CN(C)C(=O)c1cccc(C[C@H](N)c2ncccc2-n2ncc3ccccc32)n1.Cl. The summed E-state index contributed by atoms with van der Waals surface area (Å²) in [6.07, 6.45) is 4.01. The molecule has 30 heavy (non-hydrogen) atoms. The standard InChI is InChI=1S/C22H22N6O.ClH/c1-27(2)22(29)18-9-5-8-16(26-18)13-17(23)21-20(11-6-12-24-21)28-19-10-4-3-7-15(19)14-25-28;/h3-12,14,17H,13,23H2,1-2H3;1H/t17-;/m0./s1. The fourth-order valence-electron chi connectivity index (χ4n) is 3.30. The van der Waals surface area contributed by atoms with E-state index in [0.717, 1.165) is 28.0 Å². The van der Waals surface area contributed by atoms with Crippen LogP contribution >= 0.6 is 12.4 Å². The molecule has 0 aliphatic carbocycles. The van der Waals surface area contributed by atoms with Gasteiger partial charge in [-0.3, -0.25) is 9.78 Å². The van der Waals surface area contributed by atoms with Crippen LogP contribution in [0.5, 0.6) is 0 Å². The summed E-state index contributed by atoms with van der Waals surface area (Å²) in [5, 5.41) is 5.58.